The summed E-state index contributed by atoms with van der Waals surface area (Å²) < 4.78 is 67.4. The summed E-state index contributed by atoms with van der Waals surface area (Å²) in [4.78, 5) is 42.3. The summed E-state index contributed by atoms with van der Waals surface area (Å²) in [7, 11) is 0. The van der Waals surface area contributed by atoms with E-state index in [-0.39, 0.29) is 39.9 Å². The standard InChI is InChI=1S/C23H16F5IN8O2/c1-21(10-2-4-11(29)5-3-10)14-15(16(30)38)34-17(35-18(14)36-20(21)39)13-8-37-19(31-9-32-37)12(33-13)6-7-22(24,25)23(26,27)28/h2-5,8-9H,6-7H2,1H3,(H2,30,38)(H,34,35,36,39)/t21-/m0/s1. The molecule has 3 aromatic heterocycles. The molecule has 0 fully saturated rings. The minimum atomic E-state index is -5.74. The van der Waals surface area contributed by atoms with E-state index in [1.54, 1.807) is 31.2 Å². The summed E-state index contributed by atoms with van der Waals surface area (Å²) in [5.74, 6) is -6.70. The summed E-state index contributed by atoms with van der Waals surface area (Å²) in [6.45, 7) is 1.59. The number of fused-ring (bicyclic) bond motifs is 2. The van der Waals surface area contributed by atoms with Gasteiger partial charge in [0.15, 0.2) is 11.5 Å². The largest absolute Gasteiger partial charge is 0.453 e. The molecule has 4 aromatic rings. The molecule has 1 atom stereocenters. The van der Waals surface area contributed by atoms with Crippen LogP contribution >= 0.6 is 22.6 Å². The molecule has 0 spiro atoms. The number of alkyl halides is 5. The lowest BCUT2D eigenvalue weighted by molar-refractivity contribution is -0.284. The molecule has 5 rings (SSSR count). The van der Waals surface area contributed by atoms with Crippen LogP contribution in [-0.2, 0) is 16.6 Å². The summed E-state index contributed by atoms with van der Waals surface area (Å²) in [6.07, 6.45) is -5.81. The molecule has 10 nitrogen and oxygen atoms in total. The van der Waals surface area contributed by atoms with Crippen molar-refractivity contribution in [3.63, 3.8) is 0 Å². The van der Waals surface area contributed by atoms with Crippen LogP contribution in [0, 0.1) is 3.57 Å². The molecule has 16 heteroatoms. The number of hydrogen-bond acceptors (Lipinski definition) is 7. The zero-order valence-corrected chi connectivity index (χ0v) is 21.9. The Kier molecular flexibility index (Phi) is 6.27. The summed E-state index contributed by atoms with van der Waals surface area (Å²) >= 11 is 2.10. The van der Waals surface area contributed by atoms with Gasteiger partial charge in [-0.2, -0.15) is 27.1 Å². The molecule has 202 valence electrons. The van der Waals surface area contributed by atoms with Gasteiger partial charge in [0.05, 0.1) is 11.9 Å². The average Bonchev–Trinajstić information content (AvgIpc) is 3.44. The number of nitrogens with one attached hydrogen (secondary N) is 1. The minimum Gasteiger partial charge on any atom is -0.364 e. The molecule has 0 bridgehead atoms. The van der Waals surface area contributed by atoms with Crippen LogP contribution in [0.4, 0.5) is 27.8 Å². The predicted molar refractivity (Wildman–Crippen MR) is 134 cm³/mol. The highest BCUT2D eigenvalue weighted by atomic mass is 127. The monoisotopic (exact) mass is 658 g/mol. The summed E-state index contributed by atoms with van der Waals surface area (Å²) in [6, 6.07) is 7.01. The van der Waals surface area contributed by atoms with Crippen LogP contribution in [0.15, 0.2) is 36.8 Å². The number of nitrogens with zero attached hydrogens (tertiary/aromatic N) is 6. The van der Waals surface area contributed by atoms with E-state index >= 15 is 0 Å². The molecule has 39 heavy (non-hydrogen) atoms. The van der Waals surface area contributed by atoms with E-state index in [1.807, 2.05) is 0 Å². The van der Waals surface area contributed by atoms with Gasteiger partial charge in [-0.3, -0.25) is 9.59 Å². The number of halogens is 6. The van der Waals surface area contributed by atoms with E-state index in [4.69, 9.17) is 5.73 Å². The van der Waals surface area contributed by atoms with Gasteiger partial charge >= 0.3 is 12.1 Å². The molecule has 0 unspecified atom stereocenters. The van der Waals surface area contributed by atoms with Gasteiger partial charge in [-0.1, -0.05) is 12.1 Å². The van der Waals surface area contributed by atoms with Gasteiger partial charge in [0, 0.05) is 15.6 Å². The first-order chi connectivity index (χ1) is 18.2. The van der Waals surface area contributed by atoms with Crippen LogP contribution in [0.3, 0.4) is 0 Å². The number of hydrogen-bond donors (Lipinski definition) is 2. The molecular weight excluding hydrogens is 642 g/mol. The van der Waals surface area contributed by atoms with E-state index in [0.29, 0.717) is 5.56 Å². The van der Waals surface area contributed by atoms with E-state index < -0.39 is 42.2 Å². The van der Waals surface area contributed by atoms with Crippen molar-refractivity contribution in [3.05, 3.63) is 62.9 Å². The number of rotatable bonds is 6. The van der Waals surface area contributed by atoms with Gasteiger partial charge in [-0.05, 0) is 53.6 Å². The lowest BCUT2D eigenvalue weighted by Crippen LogP contribution is -2.36. The Labute approximate surface area is 229 Å². The zero-order valence-electron chi connectivity index (χ0n) is 19.7. The van der Waals surface area contributed by atoms with Crippen molar-refractivity contribution < 1.29 is 31.5 Å². The number of nitrogens with two attached hydrogens (primary N) is 1. The van der Waals surface area contributed by atoms with E-state index in [9.17, 15) is 31.5 Å². The van der Waals surface area contributed by atoms with E-state index in [2.05, 4.69) is 52.9 Å². The first kappa shape index (κ1) is 26.8. The third kappa shape index (κ3) is 4.45. The topological polar surface area (TPSA) is 141 Å². The molecule has 0 aliphatic carbocycles. The van der Waals surface area contributed by atoms with Crippen LogP contribution in [0.1, 0.15) is 40.7 Å². The third-order valence-electron chi connectivity index (χ3n) is 6.40. The van der Waals surface area contributed by atoms with Crippen LogP contribution < -0.4 is 11.1 Å². The molecule has 1 aliphatic rings. The molecule has 0 saturated heterocycles. The Morgan fingerprint density at radius 3 is 2.46 bits per heavy atom. The Bertz CT molecular complexity index is 1640. The Balaban J connectivity index is 1.63. The maximum absolute atomic E-state index is 13.6. The fraction of sp³-hybridized carbons (Fsp3) is 0.261. The van der Waals surface area contributed by atoms with Crippen molar-refractivity contribution in [1.29, 1.82) is 0 Å². The van der Waals surface area contributed by atoms with Crippen LogP contribution in [0.25, 0.3) is 17.2 Å². The Morgan fingerprint density at radius 2 is 1.82 bits per heavy atom. The highest BCUT2D eigenvalue weighted by molar-refractivity contribution is 14.1. The fourth-order valence-electron chi connectivity index (χ4n) is 4.31. The third-order valence-corrected chi connectivity index (χ3v) is 7.12. The highest BCUT2D eigenvalue weighted by Crippen LogP contribution is 2.44. The number of amides is 2. The first-order valence-electron chi connectivity index (χ1n) is 11.2. The second-order valence-electron chi connectivity index (χ2n) is 8.87. The number of anilines is 1. The number of aromatic nitrogens is 6. The van der Waals surface area contributed by atoms with E-state index in [1.165, 1.54) is 6.20 Å². The molecule has 0 radical (unpaired) electrons. The fourth-order valence-corrected chi connectivity index (χ4v) is 4.67. The zero-order chi connectivity index (χ0) is 28.3. The lowest BCUT2D eigenvalue weighted by Gasteiger charge is -2.24. The first-order valence-corrected chi connectivity index (χ1v) is 12.2. The van der Waals surface area contributed by atoms with Crippen LogP contribution in [0.5, 0.6) is 0 Å². The van der Waals surface area contributed by atoms with Gasteiger partial charge < -0.3 is 11.1 Å². The average molecular weight is 658 g/mol. The minimum absolute atomic E-state index is 0.0227. The molecule has 4 heterocycles. The van der Waals surface area contributed by atoms with Crippen LogP contribution in [0.2, 0.25) is 0 Å². The van der Waals surface area contributed by atoms with Gasteiger partial charge in [-0.25, -0.2) is 24.5 Å². The van der Waals surface area contributed by atoms with Gasteiger partial charge in [0.25, 0.3) is 5.91 Å². The van der Waals surface area contributed by atoms with Crippen molar-refractivity contribution in [1.82, 2.24) is 29.5 Å². The number of primary amides is 1. The molecule has 2 amide bonds. The van der Waals surface area contributed by atoms with Crippen molar-refractivity contribution in [3.8, 4) is 11.5 Å². The second-order valence-corrected chi connectivity index (χ2v) is 10.1. The highest BCUT2D eigenvalue weighted by Gasteiger charge is 2.56. The summed E-state index contributed by atoms with van der Waals surface area (Å²) in [5, 5.41) is 6.54. The van der Waals surface area contributed by atoms with Crippen molar-refractivity contribution in [2.45, 2.75) is 37.3 Å². The summed E-state index contributed by atoms with van der Waals surface area (Å²) in [5.41, 5.74) is 4.25. The maximum Gasteiger partial charge on any atom is 0.453 e. The Hall–Kier alpha value is -3.83. The number of benzene rings is 1. The predicted octanol–water partition coefficient (Wildman–Crippen LogP) is 3.67. The van der Waals surface area contributed by atoms with Gasteiger partial charge in [-0.15, -0.1) is 0 Å². The van der Waals surface area contributed by atoms with Gasteiger partial charge in [0.2, 0.25) is 5.91 Å². The SMILES string of the molecule is C[C@@]1(c2ccc(I)cc2)C(=O)Nc2nc(-c3cn4ncnc4c(CCC(F)(F)C(F)(F)F)n3)nc(C(N)=O)c21. The lowest BCUT2D eigenvalue weighted by atomic mass is 9.77. The van der Waals surface area contributed by atoms with Crippen molar-refractivity contribution in [2.75, 3.05) is 5.32 Å². The normalized spacial score (nSPS) is 17.4. The molecule has 1 aromatic carbocycles. The molecule has 3 N–H and O–H groups in total. The van der Waals surface area contributed by atoms with Crippen molar-refractivity contribution in [2.24, 2.45) is 5.73 Å². The van der Waals surface area contributed by atoms with Crippen LogP contribution in [-0.4, -0.2) is 53.5 Å². The number of carbonyl (C=O) groups is 2. The number of carbonyl (C=O) groups excluding carboxylic acids is 2. The second kappa shape index (κ2) is 9.13. The smallest absolute Gasteiger partial charge is 0.364 e. The maximum atomic E-state index is 13.6. The Morgan fingerprint density at radius 1 is 1.13 bits per heavy atom. The van der Waals surface area contributed by atoms with Gasteiger partial charge in [0.1, 0.15) is 28.9 Å². The molecule has 1 aliphatic heterocycles. The molecule has 0 saturated carbocycles. The molecular formula is C23H16F5IN8O2. The number of aryl methyl sites for hydroxylation is 1. The van der Waals surface area contributed by atoms with Crippen molar-refractivity contribution >= 4 is 45.9 Å². The van der Waals surface area contributed by atoms with E-state index in [0.717, 1.165) is 14.4 Å². The quantitative estimate of drug-likeness (QED) is 0.238.